The third-order valence-electron chi connectivity index (χ3n) is 3.45. The van der Waals surface area contributed by atoms with Crippen LogP contribution >= 0.6 is 23.1 Å². The minimum atomic E-state index is -0.0331. The summed E-state index contributed by atoms with van der Waals surface area (Å²) < 4.78 is 3.87. The zero-order valence-corrected chi connectivity index (χ0v) is 12.1. The molecule has 1 heterocycles. The largest absolute Gasteiger partial charge is 0.351 e. The number of halogens is 1. The molecule has 0 aliphatic heterocycles. The van der Waals surface area contributed by atoms with Crippen LogP contribution in [0.1, 0.15) is 48.0 Å². The lowest BCUT2D eigenvalue weighted by molar-refractivity contribution is 0.0947. The highest BCUT2D eigenvalue weighted by Crippen LogP contribution is 2.48. The van der Waals surface area contributed by atoms with Crippen molar-refractivity contribution in [1.82, 2.24) is 14.9 Å². The molecular formula is C12H18ClN3OS. The van der Waals surface area contributed by atoms with E-state index in [1.54, 1.807) is 0 Å². The molecule has 0 saturated heterocycles. The zero-order valence-electron chi connectivity index (χ0n) is 10.5. The molecule has 0 atom stereocenters. The van der Waals surface area contributed by atoms with Crippen molar-refractivity contribution in [2.45, 2.75) is 39.0 Å². The maximum Gasteiger partial charge on any atom is 0.264 e. The zero-order chi connectivity index (χ0) is 13.0. The number of carbonyl (C=O) groups excluding carboxylic acids is 1. The number of hydrogen-bond acceptors (Lipinski definition) is 4. The summed E-state index contributed by atoms with van der Waals surface area (Å²) in [5.41, 5.74) is 1.09. The molecule has 0 spiro atoms. The standard InChI is InChI=1S/C12H18ClN3OS/c1-2-3-9-10(18-16-15-9)11(17)14-8-12(4-5-12)6-7-13/h2-8H2,1H3,(H,14,17). The average molecular weight is 288 g/mol. The first-order valence-corrected chi connectivity index (χ1v) is 7.67. The summed E-state index contributed by atoms with van der Waals surface area (Å²) in [6.07, 6.45) is 5.11. The van der Waals surface area contributed by atoms with E-state index in [1.807, 2.05) is 0 Å². The fourth-order valence-corrected chi connectivity index (χ4v) is 3.05. The summed E-state index contributed by atoms with van der Waals surface area (Å²) in [5, 5.41) is 7.01. The summed E-state index contributed by atoms with van der Waals surface area (Å²) >= 11 is 6.96. The minimum Gasteiger partial charge on any atom is -0.351 e. The number of carbonyl (C=O) groups is 1. The van der Waals surface area contributed by atoms with Gasteiger partial charge in [0.2, 0.25) is 0 Å². The Labute approximate surface area is 116 Å². The fourth-order valence-electron chi connectivity index (χ4n) is 2.02. The van der Waals surface area contributed by atoms with Gasteiger partial charge in [-0.3, -0.25) is 4.79 Å². The number of nitrogens with zero attached hydrogens (tertiary/aromatic N) is 2. The predicted molar refractivity (Wildman–Crippen MR) is 73.2 cm³/mol. The van der Waals surface area contributed by atoms with E-state index in [-0.39, 0.29) is 11.3 Å². The summed E-state index contributed by atoms with van der Waals surface area (Å²) in [6.45, 7) is 2.79. The van der Waals surface area contributed by atoms with Gasteiger partial charge in [0, 0.05) is 12.4 Å². The number of alkyl halides is 1. The van der Waals surface area contributed by atoms with Crippen LogP contribution in [0.5, 0.6) is 0 Å². The van der Waals surface area contributed by atoms with Gasteiger partial charge in [-0.05, 0) is 42.6 Å². The van der Waals surface area contributed by atoms with Gasteiger partial charge in [-0.15, -0.1) is 16.7 Å². The van der Waals surface area contributed by atoms with E-state index in [4.69, 9.17) is 11.6 Å². The Morgan fingerprint density at radius 1 is 1.56 bits per heavy atom. The molecule has 0 aromatic carbocycles. The number of aryl methyl sites for hydroxylation is 1. The Morgan fingerprint density at radius 3 is 2.94 bits per heavy atom. The molecule has 0 unspecified atom stereocenters. The molecule has 4 nitrogen and oxygen atoms in total. The van der Waals surface area contributed by atoms with Gasteiger partial charge in [0.1, 0.15) is 4.88 Å². The lowest BCUT2D eigenvalue weighted by Gasteiger charge is -2.13. The number of amides is 1. The quantitative estimate of drug-likeness (QED) is 0.785. The monoisotopic (exact) mass is 287 g/mol. The lowest BCUT2D eigenvalue weighted by Crippen LogP contribution is -2.30. The molecule has 1 aliphatic carbocycles. The smallest absolute Gasteiger partial charge is 0.264 e. The van der Waals surface area contributed by atoms with Crippen molar-refractivity contribution in [2.75, 3.05) is 12.4 Å². The number of hydrogen-bond donors (Lipinski definition) is 1. The summed E-state index contributed by atoms with van der Waals surface area (Å²) in [4.78, 5) is 12.7. The van der Waals surface area contributed by atoms with Crippen LogP contribution in [-0.2, 0) is 6.42 Å². The first-order valence-electron chi connectivity index (χ1n) is 6.36. The molecule has 0 bridgehead atoms. The molecule has 1 aliphatic rings. The van der Waals surface area contributed by atoms with E-state index in [0.29, 0.717) is 10.8 Å². The van der Waals surface area contributed by atoms with E-state index in [9.17, 15) is 4.79 Å². The molecule has 18 heavy (non-hydrogen) atoms. The molecule has 1 fully saturated rings. The second-order valence-electron chi connectivity index (χ2n) is 4.92. The van der Waals surface area contributed by atoms with E-state index >= 15 is 0 Å². The third-order valence-corrected chi connectivity index (χ3v) is 4.41. The van der Waals surface area contributed by atoms with Gasteiger partial charge in [-0.1, -0.05) is 17.8 Å². The maximum absolute atomic E-state index is 12.1. The molecule has 1 saturated carbocycles. The summed E-state index contributed by atoms with van der Waals surface area (Å²) in [5.74, 6) is 0.633. The van der Waals surface area contributed by atoms with Gasteiger partial charge < -0.3 is 5.32 Å². The Balaban J connectivity index is 1.89. The van der Waals surface area contributed by atoms with Crippen molar-refractivity contribution in [1.29, 1.82) is 0 Å². The van der Waals surface area contributed by atoms with Crippen molar-refractivity contribution in [2.24, 2.45) is 5.41 Å². The molecular weight excluding hydrogens is 270 g/mol. The van der Waals surface area contributed by atoms with Crippen LogP contribution in [0, 0.1) is 5.41 Å². The predicted octanol–water partition coefficient (Wildman–Crippen LogP) is 2.63. The molecule has 6 heteroatoms. The molecule has 1 amide bonds. The normalized spacial score (nSPS) is 16.6. The van der Waals surface area contributed by atoms with Gasteiger partial charge in [0.05, 0.1) is 5.69 Å². The van der Waals surface area contributed by atoms with Crippen LogP contribution < -0.4 is 5.32 Å². The Kier molecular flexibility index (Phi) is 4.56. The van der Waals surface area contributed by atoms with Gasteiger partial charge >= 0.3 is 0 Å². The van der Waals surface area contributed by atoms with Crippen molar-refractivity contribution in [3.05, 3.63) is 10.6 Å². The highest BCUT2D eigenvalue weighted by atomic mass is 35.5. The Hall–Kier alpha value is -0.680. The highest BCUT2D eigenvalue weighted by molar-refractivity contribution is 7.08. The van der Waals surface area contributed by atoms with Crippen molar-refractivity contribution in [3.63, 3.8) is 0 Å². The minimum absolute atomic E-state index is 0.0331. The third kappa shape index (κ3) is 3.20. The fraction of sp³-hybridized carbons (Fsp3) is 0.750. The molecule has 1 aromatic heterocycles. The van der Waals surface area contributed by atoms with Crippen LogP contribution in [0.25, 0.3) is 0 Å². The lowest BCUT2D eigenvalue weighted by atomic mass is 10.0. The molecule has 0 radical (unpaired) electrons. The second kappa shape index (κ2) is 5.97. The van der Waals surface area contributed by atoms with Gasteiger partial charge in [-0.25, -0.2) is 0 Å². The molecule has 2 rings (SSSR count). The van der Waals surface area contributed by atoms with E-state index in [2.05, 4.69) is 21.8 Å². The van der Waals surface area contributed by atoms with Crippen LogP contribution in [-0.4, -0.2) is 27.9 Å². The van der Waals surface area contributed by atoms with E-state index in [1.165, 1.54) is 24.4 Å². The SMILES string of the molecule is CCCc1nnsc1C(=O)NCC1(CCCl)CC1. The topological polar surface area (TPSA) is 54.9 Å². The van der Waals surface area contributed by atoms with E-state index < -0.39 is 0 Å². The van der Waals surface area contributed by atoms with Crippen molar-refractivity contribution >= 4 is 29.0 Å². The first kappa shape index (κ1) is 13.7. The van der Waals surface area contributed by atoms with Gasteiger partial charge in [0.15, 0.2) is 0 Å². The molecule has 1 N–H and O–H groups in total. The number of nitrogens with one attached hydrogen (secondary N) is 1. The Bertz CT molecular complexity index is 417. The number of aromatic nitrogens is 2. The number of rotatable bonds is 7. The molecule has 100 valence electrons. The second-order valence-corrected chi connectivity index (χ2v) is 6.05. The van der Waals surface area contributed by atoms with Crippen LogP contribution in [0.4, 0.5) is 0 Å². The Morgan fingerprint density at radius 2 is 2.33 bits per heavy atom. The van der Waals surface area contributed by atoms with E-state index in [0.717, 1.165) is 31.5 Å². The van der Waals surface area contributed by atoms with Crippen LogP contribution in [0.3, 0.4) is 0 Å². The van der Waals surface area contributed by atoms with Gasteiger partial charge in [-0.2, -0.15) is 0 Å². The summed E-state index contributed by atoms with van der Waals surface area (Å²) in [6, 6.07) is 0. The van der Waals surface area contributed by atoms with Crippen LogP contribution in [0.15, 0.2) is 0 Å². The maximum atomic E-state index is 12.1. The average Bonchev–Trinajstić information content (AvgIpc) is 2.96. The highest BCUT2D eigenvalue weighted by Gasteiger charge is 2.41. The van der Waals surface area contributed by atoms with Crippen molar-refractivity contribution in [3.8, 4) is 0 Å². The molecule has 1 aromatic rings. The summed E-state index contributed by atoms with van der Waals surface area (Å²) in [7, 11) is 0. The first-order chi connectivity index (χ1) is 8.71. The van der Waals surface area contributed by atoms with Crippen molar-refractivity contribution < 1.29 is 4.79 Å². The van der Waals surface area contributed by atoms with Gasteiger partial charge in [0.25, 0.3) is 5.91 Å². The van der Waals surface area contributed by atoms with Crippen LogP contribution in [0.2, 0.25) is 0 Å².